The van der Waals surface area contributed by atoms with E-state index in [1.54, 1.807) is 6.92 Å². The van der Waals surface area contributed by atoms with E-state index in [2.05, 4.69) is 11.6 Å². The van der Waals surface area contributed by atoms with Crippen LogP contribution in [-0.4, -0.2) is 27.4 Å². The van der Waals surface area contributed by atoms with Crippen LogP contribution in [0, 0.1) is 6.92 Å². The van der Waals surface area contributed by atoms with Crippen molar-refractivity contribution < 1.29 is 9.84 Å². The highest BCUT2D eigenvalue weighted by Crippen LogP contribution is 2.30. The maximum atomic E-state index is 11.6. The summed E-state index contributed by atoms with van der Waals surface area (Å²) in [5, 5.41) is 9.04. The number of rotatable bonds is 2. The van der Waals surface area contributed by atoms with Gasteiger partial charge in [-0.3, -0.25) is 14.3 Å². The van der Waals surface area contributed by atoms with Gasteiger partial charge in [0.1, 0.15) is 12.3 Å². The van der Waals surface area contributed by atoms with Crippen molar-refractivity contribution in [2.24, 2.45) is 0 Å². The number of hydrogen-bond acceptors (Lipinski definition) is 4. The van der Waals surface area contributed by atoms with Crippen LogP contribution in [0.25, 0.3) is 0 Å². The number of nitrogens with one attached hydrogen (secondary N) is 1. The molecule has 0 saturated carbocycles. The van der Waals surface area contributed by atoms with Gasteiger partial charge in [-0.1, -0.05) is 6.58 Å². The highest BCUT2D eigenvalue weighted by atomic mass is 16.5. The molecule has 0 bridgehead atoms. The van der Waals surface area contributed by atoms with Gasteiger partial charge < -0.3 is 9.84 Å². The van der Waals surface area contributed by atoms with Gasteiger partial charge in [0, 0.05) is 18.2 Å². The number of ether oxygens (including phenoxy) is 1. The number of aliphatic hydroxyl groups is 1. The van der Waals surface area contributed by atoms with Crippen LogP contribution in [0.2, 0.25) is 0 Å². The summed E-state index contributed by atoms with van der Waals surface area (Å²) in [6.07, 6.45) is 0.956. The van der Waals surface area contributed by atoms with Crippen molar-refractivity contribution in [3.05, 3.63) is 44.8 Å². The third-order valence-corrected chi connectivity index (χ3v) is 2.84. The number of aromatic nitrogens is 2. The van der Waals surface area contributed by atoms with Crippen molar-refractivity contribution in [1.82, 2.24) is 9.55 Å². The molecule has 1 aliphatic rings. The van der Waals surface area contributed by atoms with Gasteiger partial charge in [0.05, 0.1) is 6.61 Å². The zero-order chi connectivity index (χ0) is 12.6. The smallest absolute Gasteiger partial charge is 0.330 e. The molecule has 2 heterocycles. The lowest BCUT2D eigenvalue weighted by Crippen LogP contribution is -2.33. The number of aromatic amines is 1. The number of nitrogens with zero attached hydrogens (tertiary/aromatic N) is 1. The molecule has 92 valence electrons. The number of H-pyrrole nitrogens is 1. The highest BCUT2D eigenvalue weighted by molar-refractivity contribution is 5.10. The first-order chi connectivity index (χ1) is 8.02. The Morgan fingerprint density at radius 3 is 2.94 bits per heavy atom. The molecule has 1 fully saturated rings. The average Bonchev–Trinajstić information content (AvgIpc) is 2.65. The summed E-state index contributed by atoms with van der Waals surface area (Å²) in [7, 11) is 0. The molecule has 6 nitrogen and oxygen atoms in total. The minimum Gasteiger partial charge on any atom is -0.393 e. The van der Waals surface area contributed by atoms with Gasteiger partial charge in [-0.25, -0.2) is 4.79 Å². The maximum Gasteiger partial charge on any atom is 0.330 e. The first kappa shape index (κ1) is 11.8. The van der Waals surface area contributed by atoms with Crippen LogP contribution in [0.15, 0.2) is 27.9 Å². The van der Waals surface area contributed by atoms with E-state index in [4.69, 9.17) is 9.84 Å². The van der Waals surface area contributed by atoms with Crippen LogP contribution in [0.5, 0.6) is 0 Å². The average molecular weight is 238 g/mol. The Hall–Kier alpha value is -1.66. The molecule has 2 atom stereocenters. The summed E-state index contributed by atoms with van der Waals surface area (Å²) >= 11 is 0. The van der Waals surface area contributed by atoms with Crippen LogP contribution in [0.4, 0.5) is 0 Å². The van der Waals surface area contributed by atoms with Crippen molar-refractivity contribution >= 4 is 0 Å². The number of aliphatic hydroxyl groups excluding tert-OH is 1. The lowest BCUT2D eigenvalue weighted by Gasteiger charge is -2.14. The summed E-state index contributed by atoms with van der Waals surface area (Å²) in [4.78, 5) is 25.1. The van der Waals surface area contributed by atoms with Crippen molar-refractivity contribution in [3.63, 3.8) is 0 Å². The van der Waals surface area contributed by atoms with Crippen LogP contribution in [-0.2, 0) is 4.74 Å². The van der Waals surface area contributed by atoms with Gasteiger partial charge in [0.15, 0.2) is 0 Å². The quantitative estimate of drug-likeness (QED) is 0.692. The molecule has 6 heteroatoms. The molecule has 0 aliphatic carbocycles. The highest BCUT2D eigenvalue weighted by Gasteiger charge is 2.30. The van der Waals surface area contributed by atoms with Crippen molar-refractivity contribution in [1.29, 1.82) is 0 Å². The third-order valence-electron chi connectivity index (χ3n) is 2.84. The van der Waals surface area contributed by atoms with E-state index in [1.165, 1.54) is 10.8 Å². The van der Waals surface area contributed by atoms with E-state index in [9.17, 15) is 9.59 Å². The fourth-order valence-electron chi connectivity index (χ4n) is 1.83. The normalized spacial score (nSPS) is 24.2. The monoisotopic (exact) mass is 238 g/mol. The Kier molecular flexibility index (Phi) is 2.99. The molecule has 1 aromatic heterocycles. The predicted molar refractivity (Wildman–Crippen MR) is 60.8 cm³/mol. The van der Waals surface area contributed by atoms with Crippen LogP contribution >= 0.6 is 0 Å². The summed E-state index contributed by atoms with van der Waals surface area (Å²) < 4.78 is 6.79. The number of hydrogen-bond donors (Lipinski definition) is 2. The minimum absolute atomic E-state index is 0.160. The SMILES string of the molecule is C=C1C[C@@H](n2cc(C)c(=O)[nH]c2=O)O[C@H]1CO. The largest absolute Gasteiger partial charge is 0.393 e. The Labute approximate surface area is 97.2 Å². The van der Waals surface area contributed by atoms with E-state index in [0.29, 0.717) is 12.0 Å². The van der Waals surface area contributed by atoms with E-state index in [-0.39, 0.29) is 6.61 Å². The molecule has 0 aromatic carbocycles. The first-order valence-corrected chi connectivity index (χ1v) is 5.29. The first-order valence-electron chi connectivity index (χ1n) is 5.29. The molecule has 2 N–H and O–H groups in total. The zero-order valence-electron chi connectivity index (χ0n) is 9.47. The topological polar surface area (TPSA) is 84.3 Å². The second kappa shape index (κ2) is 4.31. The summed E-state index contributed by atoms with van der Waals surface area (Å²) in [5.41, 5.74) is 0.262. The lowest BCUT2D eigenvalue weighted by molar-refractivity contribution is -0.0189. The minimum atomic E-state index is -0.517. The third kappa shape index (κ3) is 2.09. The maximum absolute atomic E-state index is 11.6. The van der Waals surface area contributed by atoms with E-state index in [0.717, 1.165) is 5.57 Å². The summed E-state index contributed by atoms with van der Waals surface area (Å²) in [5.74, 6) is 0. The van der Waals surface area contributed by atoms with Crippen molar-refractivity contribution in [3.8, 4) is 0 Å². The Bertz CT molecular complexity index is 557. The Balaban J connectivity index is 2.37. The Morgan fingerprint density at radius 1 is 1.65 bits per heavy atom. The van der Waals surface area contributed by atoms with Gasteiger partial charge in [0.25, 0.3) is 5.56 Å². The molecule has 17 heavy (non-hydrogen) atoms. The fourth-order valence-corrected chi connectivity index (χ4v) is 1.83. The predicted octanol–water partition coefficient (Wildman–Crippen LogP) is -0.319. The number of aryl methyl sites for hydroxylation is 1. The molecule has 1 aliphatic heterocycles. The fraction of sp³-hybridized carbons (Fsp3) is 0.455. The molecule has 0 radical (unpaired) electrons. The molecular formula is C11H14N2O4. The van der Waals surface area contributed by atoms with Gasteiger partial charge >= 0.3 is 5.69 Å². The molecule has 0 spiro atoms. The second-order valence-corrected chi connectivity index (χ2v) is 4.10. The zero-order valence-corrected chi connectivity index (χ0v) is 9.47. The van der Waals surface area contributed by atoms with Gasteiger partial charge in [0.2, 0.25) is 0 Å². The van der Waals surface area contributed by atoms with Crippen LogP contribution in [0.3, 0.4) is 0 Å². The summed E-state index contributed by atoms with van der Waals surface area (Å²) in [6, 6.07) is 0. The molecule has 1 aromatic rings. The van der Waals surface area contributed by atoms with Crippen LogP contribution in [0.1, 0.15) is 18.2 Å². The van der Waals surface area contributed by atoms with Gasteiger partial charge in [-0.2, -0.15) is 0 Å². The summed E-state index contributed by atoms with van der Waals surface area (Å²) in [6.45, 7) is 5.23. The lowest BCUT2D eigenvalue weighted by atomic mass is 10.1. The molecular weight excluding hydrogens is 224 g/mol. The molecule has 0 amide bonds. The van der Waals surface area contributed by atoms with Crippen LogP contribution < -0.4 is 11.2 Å². The standard InChI is InChI=1S/C11H14N2O4/c1-6-3-9(17-8(6)5-14)13-4-7(2)10(15)12-11(13)16/h4,8-9,14H,1,3,5H2,2H3,(H,12,15,16)/t8-,9-/m0/s1. The van der Waals surface area contributed by atoms with E-state index in [1.807, 2.05) is 0 Å². The van der Waals surface area contributed by atoms with Gasteiger partial charge in [-0.15, -0.1) is 0 Å². The Morgan fingerprint density at radius 2 is 2.35 bits per heavy atom. The molecule has 2 rings (SSSR count). The molecule has 1 saturated heterocycles. The van der Waals surface area contributed by atoms with E-state index < -0.39 is 23.6 Å². The molecule has 0 unspecified atom stereocenters. The second-order valence-electron chi connectivity index (χ2n) is 4.10. The van der Waals surface area contributed by atoms with Crippen molar-refractivity contribution in [2.75, 3.05) is 6.61 Å². The van der Waals surface area contributed by atoms with Crippen molar-refractivity contribution in [2.45, 2.75) is 25.7 Å². The van der Waals surface area contributed by atoms with Gasteiger partial charge in [-0.05, 0) is 12.5 Å². The van der Waals surface area contributed by atoms with E-state index >= 15 is 0 Å².